The summed E-state index contributed by atoms with van der Waals surface area (Å²) in [5.74, 6) is 0.476. The van der Waals surface area contributed by atoms with Crippen LogP contribution in [-0.4, -0.2) is 17.5 Å². The van der Waals surface area contributed by atoms with Crippen LogP contribution in [0.15, 0.2) is 47.8 Å². The number of nitrogens with zero attached hydrogens (tertiary/aromatic N) is 1. The monoisotopic (exact) mass is 384 g/mol. The Morgan fingerprint density at radius 3 is 2.74 bits per heavy atom. The molecule has 3 aromatic rings. The Hall–Kier alpha value is -2.73. The van der Waals surface area contributed by atoms with Crippen LogP contribution in [0.25, 0.3) is 11.3 Å². The minimum absolute atomic E-state index is 0.0976. The van der Waals surface area contributed by atoms with E-state index < -0.39 is 0 Å². The molecule has 0 radical (unpaired) electrons. The van der Waals surface area contributed by atoms with E-state index in [1.807, 2.05) is 37.4 Å². The topological polar surface area (TPSA) is 51.2 Å². The van der Waals surface area contributed by atoms with Crippen molar-refractivity contribution < 1.29 is 13.9 Å². The van der Waals surface area contributed by atoms with Crippen LogP contribution in [-0.2, 0) is 4.79 Å². The molecule has 0 saturated heterocycles. The molecular formula is C21H21FN2O2S. The standard InChI is InChI=1S/C21H21FN2O2S/c1-14-5-6-15(2)19(12-14)26-11-3-4-20(25)24-21-23-18(13-27-21)16-7-9-17(22)10-8-16/h5-10,12-13H,3-4,11H2,1-2H3,(H,23,24,25). The number of hydrogen-bond donors (Lipinski definition) is 1. The Morgan fingerprint density at radius 2 is 1.96 bits per heavy atom. The number of carbonyl (C=O) groups is 1. The predicted octanol–water partition coefficient (Wildman–Crippen LogP) is 5.36. The van der Waals surface area contributed by atoms with Crippen molar-refractivity contribution in [3.63, 3.8) is 0 Å². The molecule has 4 nitrogen and oxygen atoms in total. The molecule has 0 aliphatic rings. The number of thiazole rings is 1. The zero-order valence-electron chi connectivity index (χ0n) is 15.3. The van der Waals surface area contributed by atoms with Crippen molar-refractivity contribution in [1.82, 2.24) is 4.98 Å². The van der Waals surface area contributed by atoms with E-state index in [1.54, 1.807) is 12.1 Å². The van der Waals surface area contributed by atoms with Crippen LogP contribution in [0, 0.1) is 19.7 Å². The van der Waals surface area contributed by atoms with Crippen molar-refractivity contribution in [1.29, 1.82) is 0 Å². The summed E-state index contributed by atoms with van der Waals surface area (Å²) in [6, 6.07) is 12.2. The number of aromatic nitrogens is 1. The van der Waals surface area contributed by atoms with Gasteiger partial charge in [0, 0.05) is 17.4 Å². The zero-order valence-corrected chi connectivity index (χ0v) is 16.1. The minimum atomic E-state index is -0.286. The number of nitrogens with one attached hydrogen (secondary N) is 1. The molecule has 1 aromatic heterocycles. The molecular weight excluding hydrogens is 363 g/mol. The maximum absolute atomic E-state index is 13.0. The minimum Gasteiger partial charge on any atom is -0.493 e. The molecule has 27 heavy (non-hydrogen) atoms. The summed E-state index contributed by atoms with van der Waals surface area (Å²) in [5, 5.41) is 5.18. The third-order valence-electron chi connectivity index (χ3n) is 4.04. The van der Waals surface area contributed by atoms with Crippen LogP contribution >= 0.6 is 11.3 Å². The Balaban J connectivity index is 1.46. The van der Waals surface area contributed by atoms with E-state index >= 15 is 0 Å². The average molecular weight is 384 g/mol. The van der Waals surface area contributed by atoms with Gasteiger partial charge in [0.15, 0.2) is 5.13 Å². The molecule has 1 N–H and O–H groups in total. The quantitative estimate of drug-likeness (QED) is 0.558. The summed E-state index contributed by atoms with van der Waals surface area (Å²) < 4.78 is 18.8. The van der Waals surface area contributed by atoms with Gasteiger partial charge >= 0.3 is 0 Å². The van der Waals surface area contributed by atoms with Gasteiger partial charge in [-0.1, -0.05) is 12.1 Å². The molecule has 0 aliphatic carbocycles. The van der Waals surface area contributed by atoms with Gasteiger partial charge in [-0.2, -0.15) is 0 Å². The van der Waals surface area contributed by atoms with Gasteiger partial charge in [-0.3, -0.25) is 4.79 Å². The first-order valence-electron chi connectivity index (χ1n) is 8.72. The average Bonchev–Trinajstić information content (AvgIpc) is 3.10. The number of amides is 1. The predicted molar refractivity (Wildman–Crippen MR) is 107 cm³/mol. The number of rotatable bonds is 7. The van der Waals surface area contributed by atoms with E-state index in [9.17, 15) is 9.18 Å². The van der Waals surface area contributed by atoms with E-state index in [1.165, 1.54) is 23.5 Å². The largest absolute Gasteiger partial charge is 0.493 e. The normalized spacial score (nSPS) is 10.6. The molecule has 0 spiro atoms. The first-order valence-corrected chi connectivity index (χ1v) is 9.60. The third-order valence-corrected chi connectivity index (χ3v) is 4.80. The van der Waals surface area contributed by atoms with Gasteiger partial charge in [0.05, 0.1) is 12.3 Å². The highest BCUT2D eigenvalue weighted by Crippen LogP contribution is 2.25. The lowest BCUT2D eigenvalue weighted by atomic mass is 10.1. The number of benzene rings is 2. The summed E-state index contributed by atoms with van der Waals surface area (Å²) >= 11 is 1.35. The second kappa shape index (κ2) is 8.77. The van der Waals surface area contributed by atoms with E-state index in [0.717, 1.165) is 22.4 Å². The third kappa shape index (κ3) is 5.37. The number of aryl methyl sites for hydroxylation is 2. The Kier molecular flexibility index (Phi) is 6.19. The first-order chi connectivity index (χ1) is 13.0. The van der Waals surface area contributed by atoms with E-state index in [0.29, 0.717) is 30.3 Å². The van der Waals surface area contributed by atoms with Crippen LogP contribution in [0.4, 0.5) is 9.52 Å². The second-order valence-corrected chi connectivity index (χ2v) is 7.17. The van der Waals surface area contributed by atoms with Crippen molar-refractivity contribution in [2.24, 2.45) is 0 Å². The Morgan fingerprint density at radius 1 is 1.19 bits per heavy atom. The van der Waals surface area contributed by atoms with Gasteiger partial charge in [-0.25, -0.2) is 9.37 Å². The van der Waals surface area contributed by atoms with E-state index in [-0.39, 0.29) is 11.7 Å². The summed E-state index contributed by atoms with van der Waals surface area (Å²) in [6.45, 7) is 4.51. The summed E-state index contributed by atoms with van der Waals surface area (Å²) in [7, 11) is 0. The van der Waals surface area contributed by atoms with Gasteiger partial charge in [-0.15, -0.1) is 11.3 Å². The van der Waals surface area contributed by atoms with Crippen molar-refractivity contribution in [2.75, 3.05) is 11.9 Å². The summed E-state index contributed by atoms with van der Waals surface area (Å²) in [4.78, 5) is 16.5. The first kappa shape index (κ1) is 19.0. The maximum Gasteiger partial charge on any atom is 0.226 e. The van der Waals surface area contributed by atoms with Crippen molar-refractivity contribution in [3.8, 4) is 17.0 Å². The number of halogens is 1. The number of carbonyl (C=O) groups excluding carboxylic acids is 1. The fourth-order valence-corrected chi connectivity index (χ4v) is 3.28. The van der Waals surface area contributed by atoms with Crippen LogP contribution < -0.4 is 10.1 Å². The molecule has 0 aliphatic heterocycles. The van der Waals surface area contributed by atoms with Gasteiger partial charge < -0.3 is 10.1 Å². The lowest BCUT2D eigenvalue weighted by molar-refractivity contribution is -0.116. The summed E-state index contributed by atoms with van der Waals surface area (Å²) in [6.07, 6.45) is 0.978. The Bertz CT molecular complexity index is 922. The second-order valence-electron chi connectivity index (χ2n) is 6.31. The SMILES string of the molecule is Cc1ccc(C)c(OCCCC(=O)Nc2nc(-c3ccc(F)cc3)cs2)c1. The molecule has 6 heteroatoms. The fraction of sp³-hybridized carbons (Fsp3) is 0.238. The molecule has 0 bridgehead atoms. The van der Waals surface area contributed by atoms with Crippen LogP contribution in [0.5, 0.6) is 5.75 Å². The molecule has 2 aromatic carbocycles. The number of ether oxygens (including phenoxy) is 1. The van der Waals surface area contributed by atoms with Gasteiger partial charge in [0.1, 0.15) is 11.6 Å². The van der Waals surface area contributed by atoms with Crippen LogP contribution in [0.1, 0.15) is 24.0 Å². The Labute approximate surface area is 162 Å². The lowest BCUT2D eigenvalue weighted by Crippen LogP contribution is -2.12. The molecule has 0 saturated carbocycles. The smallest absolute Gasteiger partial charge is 0.226 e. The van der Waals surface area contributed by atoms with Gasteiger partial charge in [0.25, 0.3) is 0 Å². The lowest BCUT2D eigenvalue weighted by Gasteiger charge is -2.09. The van der Waals surface area contributed by atoms with Crippen molar-refractivity contribution in [2.45, 2.75) is 26.7 Å². The van der Waals surface area contributed by atoms with Gasteiger partial charge in [-0.05, 0) is 61.7 Å². The fourth-order valence-electron chi connectivity index (χ4n) is 2.54. The molecule has 1 amide bonds. The number of hydrogen-bond acceptors (Lipinski definition) is 4. The van der Waals surface area contributed by atoms with Gasteiger partial charge in [0.2, 0.25) is 5.91 Å². The zero-order chi connectivity index (χ0) is 19.2. The number of anilines is 1. The van der Waals surface area contributed by atoms with Crippen LogP contribution in [0.3, 0.4) is 0 Å². The summed E-state index contributed by atoms with van der Waals surface area (Å²) in [5.41, 5.74) is 3.76. The van der Waals surface area contributed by atoms with E-state index in [4.69, 9.17) is 4.74 Å². The highest BCUT2D eigenvalue weighted by atomic mass is 32.1. The van der Waals surface area contributed by atoms with Crippen molar-refractivity contribution >= 4 is 22.4 Å². The molecule has 0 fully saturated rings. The molecule has 0 atom stereocenters. The molecule has 3 rings (SSSR count). The highest BCUT2D eigenvalue weighted by Gasteiger charge is 2.09. The van der Waals surface area contributed by atoms with Crippen LogP contribution in [0.2, 0.25) is 0 Å². The molecule has 0 unspecified atom stereocenters. The highest BCUT2D eigenvalue weighted by molar-refractivity contribution is 7.14. The molecule has 140 valence electrons. The maximum atomic E-state index is 13.0. The van der Waals surface area contributed by atoms with Crippen molar-refractivity contribution in [3.05, 3.63) is 64.8 Å². The van der Waals surface area contributed by atoms with E-state index in [2.05, 4.69) is 10.3 Å². The molecule has 1 heterocycles.